The number of furan rings is 1. The van der Waals surface area contributed by atoms with E-state index in [1.165, 1.54) is 0 Å². The number of nitrogens with two attached hydrogens (primary N) is 1. The number of hydrogen-bond donors (Lipinski definition) is 3. The van der Waals surface area contributed by atoms with Gasteiger partial charge < -0.3 is 15.2 Å². The van der Waals surface area contributed by atoms with Crippen LogP contribution in [0.4, 0.5) is 11.6 Å². The Morgan fingerprint density at radius 2 is 1.95 bits per heavy atom. The summed E-state index contributed by atoms with van der Waals surface area (Å²) in [4.78, 5) is 9.07. The second kappa shape index (κ2) is 5.50. The largest absolute Gasteiger partial charge is 0.472 e. The lowest BCUT2D eigenvalue weighted by molar-refractivity contribution is 0.546. The van der Waals surface area contributed by atoms with Gasteiger partial charge in [-0.25, -0.2) is 15.8 Å². The van der Waals surface area contributed by atoms with E-state index < -0.39 is 0 Å². The number of rotatable bonds is 4. The molecule has 0 aliphatic rings. The van der Waals surface area contributed by atoms with Gasteiger partial charge in [0.25, 0.3) is 0 Å². The molecular formula is C14H21N5O. The summed E-state index contributed by atoms with van der Waals surface area (Å²) >= 11 is 0. The maximum Gasteiger partial charge on any atom is 0.148 e. The topological polar surface area (TPSA) is 89.0 Å². The van der Waals surface area contributed by atoms with Gasteiger partial charge in [-0.1, -0.05) is 20.8 Å². The van der Waals surface area contributed by atoms with Crippen molar-refractivity contribution in [2.45, 2.75) is 39.7 Å². The standard InChI is InChI=1S/C14H21N5O/c1-9-11(16-7-10-5-6-20-8-10)17-13(14(2,3)4)18-12(9)19-15/h5-6,8H,7,15H2,1-4H3,(H2,16,17,18,19). The Labute approximate surface area is 118 Å². The normalized spacial score (nSPS) is 11.4. The van der Waals surface area contributed by atoms with Gasteiger partial charge in [0, 0.05) is 23.1 Å². The first-order chi connectivity index (χ1) is 9.41. The fourth-order valence-corrected chi connectivity index (χ4v) is 1.74. The molecule has 20 heavy (non-hydrogen) atoms. The highest BCUT2D eigenvalue weighted by atomic mass is 16.3. The quantitative estimate of drug-likeness (QED) is 0.587. The Morgan fingerprint density at radius 1 is 1.25 bits per heavy atom. The molecule has 0 amide bonds. The summed E-state index contributed by atoms with van der Waals surface area (Å²) in [6.45, 7) is 8.77. The number of anilines is 2. The van der Waals surface area contributed by atoms with Crippen LogP contribution in [0.2, 0.25) is 0 Å². The van der Waals surface area contributed by atoms with Gasteiger partial charge in [-0.05, 0) is 13.0 Å². The van der Waals surface area contributed by atoms with E-state index in [0.717, 1.165) is 22.8 Å². The average molecular weight is 275 g/mol. The Morgan fingerprint density at radius 3 is 2.50 bits per heavy atom. The highest BCUT2D eigenvalue weighted by molar-refractivity contribution is 5.57. The predicted molar refractivity (Wildman–Crippen MR) is 79.3 cm³/mol. The molecule has 2 heterocycles. The van der Waals surface area contributed by atoms with E-state index in [0.29, 0.717) is 12.4 Å². The predicted octanol–water partition coefficient (Wildman–Crippen LogP) is 2.57. The summed E-state index contributed by atoms with van der Waals surface area (Å²) < 4.78 is 5.05. The molecular weight excluding hydrogens is 254 g/mol. The van der Waals surface area contributed by atoms with Crippen LogP contribution in [-0.4, -0.2) is 9.97 Å². The van der Waals surface area contributed by atoms with Crippen molar-refractivity contribution in [1.29, 1.82) is 0 Å². The monoisotopic (exact) mass is 275 g/mol. The van der Waals surface area contributed by atoms with Crippen molar-refractivity contribution >= 4 is 11.6 Å². The number of nitrogens with one attached hydrogen (secondary N) is 2. The zero-order valence-corrected chi connectivity index (χ0v) is 12.3. The third kappa shape index (κ3) is 3.08. The highest BCUT2D eigenvalue weighted by Crippen LogP contribution is 2.26. The molecule has 0 aliphatic heterocycles. The molecule has 0 fully saturated rings. The number of aromatic nitrogens is 2. The van der Waals surface area contributed by atoms with E-state index in [4.69, 9.17) is 10.3 Å². The number of hydrazine groups is 1. The number of nitrogen functional groups attached to an aromatic ring is 1. The molecule has 0 aromatic carbocycles. The van der Waals surface area contributed by atoms with Crippen LogP contribution in [0.1, 0.15) is 37.7 Å². The highest BCUT2D eigenvalue weighted by Gasteiger charge is 2.20. The molecule has 0 unspecified atom stereocenters. The van der Waals surface area contributed by atoms with Gasteiger partial charge in [0.2, 0.25) is 0 Å². The molecule has 6 heteroatoms. The van der Waals surface area contributed by atoms with Gasteiger partial charge in [-0.2, -0.15) is 0 Å². The molecule has 6 nitrogen and oxygen atoms in total. The third-order valence-electron chi connectivity index (χ3n) is 2.99. The van der Waals surface area contributed by atoms with E-state index in [9.17, 15) is 0 Å². The van der Waals surface area contributed by atoms with Crippen LogP contribution in [0.15, 0.2) is 23.0 Å². The van der Waals surface area contributed by atoms with Crippen LogP contribution in [0.25, 0.3) is 0 Å². The number of hydrogen-bond acceptors (Lipinski definition) is 6. The zero-order valence-electron chi connectivity index (χ0n) is 12.3. The lowest BCUT2D eigenvalue weighted by Gasteiger charge is -2.20. The third-order valence-corrected chi connectivity index (χ3v) is 2.99. The first-order valence-corrected chi connectivity index (χ1v) is 6.52. The van der Waals surface area contributed by atoms with Crippen molar-refractivity contribution in [3.8, 4) is 0 Å². The Bertz CT molecular complexity index is 572. The molecule has 4 N–H and O–H groups in total. The van der Waals surface area contributed by atoms with Crippen LogP contribution < -0.4 is 16.6 Å². The summed E-state index contributed by atoms with van der Waals surface area (Å²) in [7, 11) is 0. The zero-order chi connectivity index (χ0) is 14.8. The minimum atomic E-state index is -0.147. The second-order valence-corrected chi connectivity index (χ2v) is 5.75. The summed E-state index contributed by atoms with van der Waals surface area (Å²) in [5.74, 6) is 7.70. The van der Waals surface area contributed by atoms with Crippen molar-refractivity contribution < 1.29 is 4.42 Å². The number of nitrogens with zero attached hydrogens (tertiary/aromatic N) is 2. The van der Waals surface area contributed by atoms with E-state index >= 15 is 0 Å². The minimum Gasteiger partial charge on any atom is -0.472 e. The Kier molecular flexibility index (Phi) is 3.94. The van der Waals surface area contributed by atoms with Gasteiger partial charge in [-0.15, -0.1) is 0 Å². The summed E-state index contributed by atoms with van der Waals surface area (Å²) in [5.41, 5.74) is 4.43. The van der Waals surface area contributed by atoms with Crippen LogP contribution in [0.3, 0.4) is 0 Å². The van der Waals surface area contributed by atoms with Crippen molar-refractivity contribution in [2.75, 3.05) is 10.7 Å². The maximum absolute atomic E-state index is 5.54. The minimum absolute atomic E-state index is 0.147. The van der Waals surface area contributed by atoms with Crippen LogP contribution >= 0.6 is 0 Å². The SMILES string of the molecule is Cc1c(NN)nc(C(C)(C)C)nc1NCc1ccoc1. The molecule has 0 atom stereocenters. The molecule has 108 valence electrons. The molecule has 0 aliphatic carbocycles. The lowest BCUT2D eigenvalue weighted by atomic mass is 9.95. The first-order valence-electron chi connectivity index (χ1n) is 6.52. The molecule has 2 rings (SSSR count). The smallest absolute Gasteiger partial charge is 0.148 e. The molecule has 2 aromatic rings. The Hall–Kier alpha value is -2.08. The second-order valence-electron chi connectivity index (χ2n) is 5.75. The molecule has 0 saturated carbocycles. The van der Waals surface area contributed by atoms with Crippen molar-refractivity contribution in [3.05, 3.63) is 35.5 Å². The summed E-state index contributed by atoms with van der Waals surface area (Å²) in [6, 6.07) is 1.91. The van der Waals surface area contributed by atoms with E-state index in [1.807, 2.05) is 13.0 Å². The molecule has 0 radical (unpaired) electrons. The lowest BCUT2D eigenvalue weighted by Crippen LogP contribution is -2.21. The van der Waals surface area contributed by atoms with Crippen molar-refractivity contribution in [3.63, 3.8) is 0 Å². The molecule has 0 saturated heterocycles. The molecule has 0 bridgehead atoms. The van der Waals surface area contributed by atoms with E-state index in [-0.39, 0.29) is 5.41 Å². The van der Waals surface area contributed by atoms with Gasteiger partial charge in [0.15, 0.2) is 0 Å². The van der Waals surface area contributed by atoms with E-state index in [2.05, 4.69) is 41.5 Å². The fourth-order valence-electron chi connectivity index (χ4n) is 1.74. The van der Waals surface area contributed by atoms with E-state index in [1.54, 1.807) is 12.5 Å². The summed E-state index contributed by atoms with van der Waals surface area (Å²) in [6.07, 6.45) is 3.35. The first kappa shape index (κ1) is 14.3. The van der Waals surface area contributed by atoms with Crippen molar-refractivity contribution in [1.82, 2.24) is 9.97 Å². The summed E-state index contributed by atoms with van der Waals surface area (Å²) in [5, 5.41) is 3.30. The van der Waals surface area contributed by atoms with Crippen LogP contribution in [0, 0.1) is 6.92 Å². The van der Waals surface area contributed by atoms with Crippen LogP contribution in [-0.2, 0) is 12.0 Å². The fraction of sp³-hybridized carbons (Fsp3) is 0.429. The average Bonchev–Trinajstić information content (AvgIpc) is 2.89. The maximum atomic E-state index is 5.54. The Balaban J connectivity index is 2.30. The van der Waals surface area contributed by atoms with Crippen molar-refractivity contribution in [2.24, 2.45) is 5.84 Å². The van der Waals surface area contributed by atoms with Crippen LogP contribution in [0.5, 0.6) is 0 Å². The van der Waals surface area contributed by atoms with Gasteiger partial charge >= 0.3 is 0 Å². The van der Waals surface area contributed by atoms with Gasteiger partial charge in [0.1, 0.15) is 17.5 Å². The van der Waals surface area contributed by atoms with Gasteiger partial charge in [0.05, 0.1) is 12.5 Å². The van der Waals surface area contributed by atoms with Gasteiger partial charge in [-0.3, -0.25) is 0 Å². The molecule has 0 spiro atoms. The molecule has 2 aromatic heterocycles.